The van der Waals surface area contributed by atoms with Gasteiger partial charge in [0.25, 0.3) is 0 Å². The van der Waals surface area contributed by atoms with Gasteiger partial charge in [-0.25, -0.2) is 9.59 Å². The van der Waals surface area contributed by atoms with Crippen LogP contribution in [0.4, 0.5) is 10.5 Å². The third-order valence-corrected chi connectivity index (χ3v) is 6.87. The lowest BCUT2D eigenvalue weighted by Crippen LogP contribution is -2.34. The maximum Gasteiger partial charge on any atom is 0.407 e. The molecule has 8 heteroatoms. The zero-order chi connectivity index (χ0) is 29.6. The molecule has 1 aliphatic carbocycles. The van der Waals surface area contributed by atoms with Crippen molar-refractivity contribution in [1.82, 2.24) is 5.32 Å². The minimum Gasteiger partial charge on any atom is -0.507 e. The van der Waals surface area contributed by atoms with E-state index in [4.69, 9.17) is 9.15 Å². The van der Waals surface area contributed by atoms with E-state index in [9.17, 15) is 19.5 Å². The lowest BCUT2D eigenvalue weighted by atomic mass is 9.85. The number of allylic oxidation sites excluding steroid dienone is 2. The highest BCUT2D eigenvalue weighted by Crippen LogP contribution is 2.43. The van der Waals surface area contributed by atoms with Gasteiger partial charge in [0.05, 0.1) is 5.56 Å². The lowest BCUT2D eigenvalue weighted by Gasteiger charge is -2.20. The standard InChI is InChI=1S/C33H38N2O6/c1-5-22(18-21-10-7-6-8-11-21)27-20-26(36)30(31(38)40-27)29(23-14-15-23)24-12-9-13-25(19-24)35-28(37)16-17-34-32(39)41-33(2,3)4/h6-15,19-20,22-23,29,36H,5,16-18H2,1-4H3,(H,34,39)(H,35,37). The van der Waals surface area contributed by atoms with Crippen molar-refractivity contribution in [1.29, 1.82) is 0 Å². The van der Waals surface area contributed by atoms with Crippen molar-refractivity contribution in [3.05, 3.63) is 106 Å². The van der Waals surface area contributed by atoms with Gasteiger partial charge in [0, 0.05) is 42.5 Å². The molecule has 4 rings (SSSR count). The molecule has 0 fully saturated rings. The molecule has 0 saturated heterocycles. The Balaban J connectivity index is 1.48. The molecule has 2 amide bonds. The van der Waals surface area contributed by atoms with Gasteiger partial charge in [-0.3, -0.25) is 4.79 Å². The first-order valence-electron chi connectivity index (χ1n) is 14.0. The molecule has 0 aliphatic heterocycles. The molecule has 1 heterocycles. The van der Waals surface area contributed by atoms with E-state index in [1.807, 2.05) is 55.5 Å². The first-order chi connectivity index (χ1) is 19.5. The Bertz CT molecular complexity index is 1450. The van der Waals surface area contributed by atoms with Crippen LogP contribution in [0.3, 0.4) is 0 Å². The summed E-state index contributed by atoms with van der Waals surface area (Å²) in [5, 5.41) is 16.5. The summed E-state index contributed by atoms with van der Waals surface area (Å²) in [6.45, 7) is 7.45. The van der Waals surface area contributed by atoms with E-state index in [0.29, 0.717) is 17.9 Å². The van der Waals surface area contributed by atoms with Crippen LogP contribution in [0.15, 0.2) is 82.0 Å². The molecule has 41 heavy (non-hydrogen) atoms. The van der Waals surface area contributed by atoms with Gasteiger partial charge in [-0.2, -0.15) is 0 Å². The molecule has 8 nitrogen and oxygen atoms in total. The summed E-state index contributed by atoms with van der Waals surface area (Å²) in [4.78, 5) is 37.7. The molecular formula is C33H38N2O6. The summed E-state index contributed by atoms with van der Waals surface area (Å²) in [6, 6.07) is 18.8. The number of anilines is 1. The van der Waals surface area contributed by atoms with Crippen molar-refractivity contribution in [2.75, 3.05) is 11.9 Å². The number of benzene rings is 2. The van der Waals surface area contributed by atoms with Gasteiger partial charge in [-0.15, -0.1) is 0 Å². The van der Waals surface area contributed by atoms with Crippen LogP contribution in [0.5, 0.6) is 5.75 Å². The lowest BCUT2D eigenvalue weighted by molar-refractivity contribution is -0.116. The fraction of sp³-hybridized carbons (Fsp3) is 0.364. The van der Waals surface area contributed by atoms with Crippen LogP contribution >= 0.6 is 0 Å². The fourth-order valence-corrected chi connectivity index (χ4v) is 4.83. The molecule has 2 unspecified atom stereocenters. The molecule has 1 aromatic heterocycles. The Hall–Kier alpha value is -4.33. The molecule has 0 radical (unpaired) electrons. The summed E-state index contributed by atoms with van der Waals surface area (Å²) in [5.74, 6) is -0.471. The largest absolute Gasteiger partial charge is 0.507 e. The number of carbonyl (C=O) groups is 2. The van der Waals surface area contributed by atoms with E-state index in [1.165, 1.54) is 0 Å². The number of carbonyl (C=O) groups excluding carboxylic acids is 2. The van der Waals surface area contributed by atoms with Crippen LogP contribution in [0.1, 0.15) is 74.8 Å². The van der Waals surface area contributed by atoms with Crippen molar-refractivity contribution in [2.24, 2.45) is 5.92 Å². The van der Waals surface area contributed by atoms with Gasteiger partial charge in [-0.1, -0.05) is 61.5 Å². The number of rotatable bonds is 11. The number of alkyl carbamates (subject to hydrolysis) is 1. The number of amides is 2. The summed E-state index contributed by atoms with van der Waals surface area (Å²) in [6.07, 6.45) is 4.86. The SMILES string of the molecule is CCC(Cc1ccccc1)c1cc(O)c(C(c2cccc(NC(=O)CCNC(=O)OC(C)(C)C)c2)C2C=C2)c(=O)o1. The van der Waals surface area contributed by atoms with Crippen molar-refractivity contribution in [3.8, 4) is 5.75 Å². The monoisotopic (exact) mass is 558 g/mol. The van der Waals surface area contributed by atoms with Gasteiger partial charge < -0.3 is 24.9 Å². The molecular weight excluding hydrogens is 520 g/mol. The second-order valence-corrected chi connectivity index (χ2v) is 11.3. The predicted molar refractivity (Wildman–Crippen MR) is 158 cm³/mol. The molecule has 0 spiro atoms. The minimum atomic E-state index is -0.619. The average molecular weight is 559 g/mol. The van der Waals surface area contributed by atoms with Crippen LogP contribution in [-0.4, -0.2) is 29.3 Å². The molecule has 216 valence electrons. The number of hydrogen-bond acceptors (Lipinski definition) is 6. The van der Waals surface area contributed by atoms with Crippen LogP contribution in [0, 0.1) is 5.92 Å². The van der Waals surface area contributed by atoms with Gasteiger partial charge in [-0.05, 0) is 56.9 Å². The molecule has 1 aliphatic rings. The Morgan fingerprint density at radius 3 is 2.41 bits per heavy atom. The third kappa shape index (κ3) is 8.33. The molecule has 3 aromatic rings. The quantitative estimate of drug-likeness (QED) is 0.239. The highest BCUT2D eigenvalue weighted by atomic mass is 16.6. The number of hydrogen-bond donors (Lipinski definition) is 3. The zero-order valence-corrected chi connectivity index (χ0v) is 24.0. The highest BCUT2D eigenvalue weighted by Gasteiger charge is 2.33. The summed E-state index contributed by atoms with van der Waals surface area (Å²) in [7, 11) is 0. The first-order valence-corrected chi connectivity index (χ1v) is 14.0. The van der Waals surface area contributed by atoms with Gasteiger partial charge in [0.2, 0.25) is 5.91 Å². The van der Waals surface area contributed by atoms with Crippen molar-refractivity contribution < 1.29 is 23.8 Å². The van der Waals surface area contributed by atoms with Crippen LogP contribution in [-0.2, 0) is 16.0 Å². The maximum atomic E-state index is 13.3. The Labute approximate surface area is 240 Å². The summed E-state index contributed by atoms with van der Waals surface area (Å²) >= 11 is 0. The molecule has 2 atom stereocenters. The molecule has 2 aromatic carbocycles. The van der Waals surface area contributed by atoms with Crippen molar-refractivity contribution in [2.45, 2.75) is 64.4 Å². The zero-order valence-electron chi connectivity index (χ0n) is 24.0. The van der Waals surface area contributed by atoms with Crippen molar-refractivity contribution in [3.63, 3.8) is 0 Å². The van der Waals surface area contributed by atoms with Crippen LogP contribution < -0.4 is 16.3 Å². The highest BCUT2D eigenvalue weighted by molar-refractivity contribution is 5.91. The molecule has 0 saturated carbocycles. The van der Waals surface area contributed by atoms with E-state index in [2.05, 4.69) is 10.6 Å². The Morgan fingerprint density at radius 2 is 1.78 bits per heavy atom. The normalized spacial score (nSPS) is 14.2. The van der Waals surface area contributed by atoms with E-state index in [0.717, 1.165) is 17.5 Å². The van der Waals surface area contributed by atoms with E-state index < -0.39 is 23.2 Å². The van der Waals surface area contributed by atoms with E-state index in [-0.39, 0.29) is 42.0 Å². The van der Waals surface area contributed by atoms with E-state index in [1.54, 1.807) is 45.0 Å². The maximum absolute atomic E-state index is 13.3. The average Bonchev–Trinajstić information content (AvgIpc) is 3.74. The summed E-state index contributed by atoms with van der Waals surface area (Å²) in [5.41, 5.74) is 1.45. The number of aromatic hydroxyl groups is 1. The molecule has 0 bridgehead atoms. The minimum absolute atomic E-state index is 0.0501. The van der Waals surface area contributed by atoms with Gasteiger partial charge in [0.1, 0.15) is 17.1 Å². The predicted octanol–water partition coefficient (Wildman–Crippen LogP) is 6.25. The topological polar surface area (TPSA) is 118 Å². The van der Waals surface area contributed by atoms with Crippen LogP contribution in [0.25, 0.3) is 0 Å². The van der Waals surface area contributed by atoms with Gasteiger partial charge in [0.15, 0.2) is 0 Å². The fourth-order valence-electron chi connectivity index (χ4n) is 4.83. The molecule has 3 N–H and O–H groups in total. The number of ether oxygens (including phenoxy) is 1. The Morgan fingerprint density at radius 1 is 1.05 bits per heavy atom. The Kier molecular flexibility index (Phi) is 9.32. The van der Waals surface area contributed by atoms with Crippen LogP contribution in [0.2, 0.25) is 0 Å². The number of nitrogens with one attached hydrogen (secondary N) is 2. The van der Waals surface area contributed by atoms with Gasteiger partial charge >= 0.3 is 11.7 Å². The summed E-state index contributed by atoms with van der Waals surface area (Å²) < 4.78 is 11.0. The smallest absolute Gasteiger partial charge is 0.407 e. The van der Waals surface area contributed by atoms with Crippen molar-refractivity contribution >= 4 is 17.7 Å². The second kappa shape index (κ2) is 12.9. The first kappa shape index (κ1) is 29.6. The van der Waals surface area contributed by atoms with E-state index >= 15 is 0 Å². The third-order valence-electron chi connectivity index (χ3n) is 6.87. The second-order valence-electron chi connectivity index (χ2n) is 11.3.